The highest BCUT2D eigenvalue weighted by Crippen LogP contribution is 2.20. The minimum atomic E-state index is 0.151. The molecule has 0 atom stereocenters. The first-order chi connectivity index (χ1) is 13.8. The number of aryl methyl sites for hydroxylation is 2. The SMILES string of the molecule is Cc1ncc(CCC(=O)c2ccc(N3CCNCC3)cc2)c(NCC(C)(C)C)n1. The number of anilines is 2. The molecule has 6 heteroatoms. The van der Waals surface area contributed by atoms with Gasteiger partial charge in [-0.15, -0.1) is 0 Å². The summed E-state index contributed by atoms with van der Waals surface area (Å²) < 4.78 is 0. The predicted octanol–water partition coefficient (Wildman–Crippen LogP) is 3.47. The van der Waals surface area contributed by atoms with Crippen LogP contribution >= 0.6 is 0 Å². The molecule has 0 bridgehead atoms. The number of aromatic nitrogens is 2. The zero-order valence-electron chi connectivity index (χ0n) is 18.1. The molecule has 156 valence electrons. The zero-order valence-corrected chi connectivity index (χ0v) is 18.1. The van der Waals surface area contributed by atoms with Crippen molar-refractivity contribution < 1.29 is 4.79 Å². The summed E-state index contributed by atoms with van der Waals surface area (Å²) in [6, 6.07) is 8.02. The van der Waals surface area contributed by atoms with Crippen LogP contribution in [0.25, 0.3) is 0 Å². The van der Waals surface area contributed by atoms with Crippen LogP contribution in [-0.2, 0) is 6.42 Å². The standard InChI is InChI=1S/C23H33N5O/c1-17-25-15-19(22(27-17)26-16-23(2,3)4)7-10-21(29)18-5-8-20(9-6-18)28-13-11-24-12-14-28/h5-6,8-9,15,24H,7,10-14,16H2,1-4H3,(H,25,26,27). The van der Waals surface area contributed by atoms with Crippen LogP contribution in [0, 0.1) is 12.3 Å². The number of piperazine rings is 1. The summed E-state index contributed by atoms with van der Waals surface area (Å²) in [7, 11) is 0. The van der Waals surface area contributed by atoms with Crippen LogP contribution in [0.3, 0.4) is 0 Å². The Kier molecular flexibility index (Phi) is 6.85. The molecule has 1 aliphatic heterocycles. The van der Waals surface area contributed by atoms with Gasteiger partial charge in [-0.05, 0) is 43.0 Å². The van der Waals surface area contributed by atoms with Gasteiger partial charge in [0, 0.05) is 62.2 Å². The molecule has 0 saturated carbocycles. The number of rotatable bonds is 7. The van der Waals surface area contributed by atoms with E-state index in [2.05, 4.69) is 58.4 Å². The normalized spacial score (nSPS) is 14.7. The number of Topliss-reactive ketones (excluding diaryl/α,β-unsaturated/α-hetero) is 1. The first-order valence-corrected chi connectivity index (χ1v) is 10.5. The summed E-state index contributed by atoms with van der Waals surface area (Å²) in [5.41, 5.74) is 3.09. The first-order valence-electron chi connectivity index (χ1n) is 10.5. The van der Waals surface area contributed by atoms with E-state index >= 15 is 0 Å². The summed E-state index contributed by atoms with van der Waals surface area (Å²) in [5.74, 6) is 1.73. The number of nitrogens with one attached hydrogen (secondary N) is 2. The molecular formula is C23H33N5O. The molecule has 0 spiro atoms. The third-order valence-electron chi connectivity index (χ3n) is 5.06. The lowest BCUT2D eigenvalue weighted by atomic mass is 9.97. The number of nitrogens with zero attached hydrogens (tertiary/aromatic N) is 3. The van der Waals surface area contributed by atoms with Crippen molar-refractivity contribution in [1.29, 1.82) is 0 Å². The molecule has 29 heavy (non-hydrogen) atoms. The lowest BCUT2D eigenvalue weighted by molar-refractivity contribution is 0.0983. The van der Waals surface area contributed by atoms with Gasteiger partial charge in [-0.1, -0.05) is 20.8 Å². The van der Waals surface area contributed by atoms with Crippen LogP contribution in [0.5, 0.6) is 0 Å². The molecule has 2 heterocycles. The third-order valence-corrected chi connectivity index (χ3v) is 5.06. The van der Waals surface area contributed by atoms with Gasteiger partial charge in [-0.2, -0.15) is 0 Å². The molecule has 1 aromatic heterocycles. The minimum Gasteiger partial charge on any atom is -0.369 e. The van der Waals surface area contributed by atoms with E-state index in [1.165, 1.54) is 5.69 Å². The Balaban J connectivity index is 1.61. The molecule has 0 aliphatic carbocycles. The molecule has 2 aromatic rings. The fourth-order valence-electron chi connectivity index (χ4n) is 3.35. The number of carbonyl (C=O) groups excluding carboxylic acids is 1. The Morgan fingerprint density at radius 2 is 1.86 bits per heavy atom. The van der Waals surface area contributed by atoms with Crippen molar-refractivity contribution in [2.24, 2.45) is 5.41 Å². The Morgan fingerprint density at radius 3 is 2.52 bits per heavy atom. The van der Waals surface area contributed by atoms with Crippen LogP contribution in [-0.4, -0.2) is 48.5 Å². The molecule has 0 radical (unpaired) electrons. The van der Waals surface area contributed by atoms with Crippen molar-refractivity contribution in [3.05, 3.63) is 47.4 Å². The lowest BCUT2D eigenvalue weighted by Gasteiger charge is -2.29. The monoisotopic (exact) mass is 395 g/mol. The molecule has 1 saturated heterocycles. The van der Waals surface area contributed by atoms with E-state index in [0.717, 1.165) is 55.5 Å². The number of benzene rings is 1. The smallest absolute Gasteiger partial charge is 0.163 e. The maximum absolute atomic E-state index is 12.7. The second-order valence-corrected chi connectivity index (χ2v) is 8.91. The van der Waals surface area contributed by atoms with Crippen LogP contribution in [0.15, 0.2) is 30.5 Å². The topological polar surface area (TPSA) is 70.2 Å². The molecule has 1 fully saturated rings. The first kappa shape index (κ1) is 21.2. The average Bonchev–Trinajstić information content (AvgIpc) is 2.71. The molecule has 0 unspecified atom stereocenters. The van der Waals surface area contributed by atoms with E-state index in [4.69, 9.17) is 0 Å². The number of hydrogen-bond acceptors (Lipinski definition) is 6. The summed E-state index contributed by atoms with van der Waals surface area (Å²) >= 11 is 0. The molecule has 6 nitrogen and oxygen atoms in total. The Bertz CT molecular complexity index is 820. The van der Waals surface area contributed by atoms with Gasteiger partial charge in [0.2, 0.25) is 0 Å². The number of hydrogen-bond donors (Lipinski definition) is 2. The van der Waals surface area contributed by atoms with Gasteiger partial charge < -0.3 is 15.5 Å². The largest absolute Gasteiger partial charge is 0.369 e. The predicted molar refractivity (Wildman–Crippen MR) is 119 cm³/mol. The van der Waals surface area contributed by atoms with Crippen molar-refractivity contribution in [3.8, 4) is 0 Å². The van der Waals surface area contributed by atoms with Crippen molar-refractivity contribution in [2.75, 3.05) is 42.9 Å². The van der Waals surface area contributed by atoms with Crippen molar-refractivity contribution >= 4 is 17.3 Å². The van der Waals surface area contributed by atoms with Gasteiger partial charge in [-0.3, -0.25) is 4.79 Å². The van der Waals surface area contributed by atoms with E-state index in [9.17, 15) is 4.79 Å². The van der Waals surface area contributed by atoms with Gasteiger partial charge in [-0.25, -0.2) is 9.97 Å². The average molecular weight is 396 g/mol. The fourth-order valence-corrected chi connectivity index (χ4v) is 3.35. The molecular weight excluding hydrogens is 362 g/mol. The highest BCUT2D eigenvalue weighted by Gasteiger charge is 2.15. The second kappa shape index (κ2) is 9.35. The van der Waals surface area contributed by atoms with Crippen molar-refractivity contribution in [1.82, 2.24) is 15.3 Å². The van der Waals surface area contributed by atoms with Gasteiger partial charge in [0.15, 0.2) is 5.78 Å². The maximum Gasteiger partial charge on any atom is 0.163 e. The summed E-state index contributed by atoms with van der Waals surface area (Å²) in [4.78, 5) is 23.9. The van der Waals surface area contributed by atoms with Crippen LogP contribution < -0.4 is 15.5 Å². The van der Waals surface area contributed by atoms with Gasteiger partial charge >= 0.3 is 0 Å². The van der Waals surface area contributed by atoms with Crippen LogP contribution in [0.1, 0.15) is 48.9 Å². The van der Waals surface area contributed by atoms with Crippen LogP contribution in [0.2, 0.25) is 0 Å². The molecule has 1 aromatic carbocycles. The maximum atomic E-state index is 12.7. The fraction of sp³-hybridized carbons (Fsp3) is 0.522. The Morgan fingerprint density at radius 1 is 1.17 bits per heavy atom. The van der Waals surface area contributed by atoms with Crippen molar-refractivity contribution in [2.45, 2.75) is 40.5 Å². The minimum absolute atomic E-state index is 0.151. The van der Waals surface area contributed by atoms with E-state index in [1.807, 2.05) is 25.3 Å². The van der Waals surface area contributed by atoms with E-state index in [-0.39, 0.29) is 11.2 Å². The molecule has 1 aliphatic rings. The Hall–Kier alpha value is -2.47. The van der Waals surface area contributed by atoms with Crippen LogP contribution in [0.4, 0.5) is 11.5 Å². The second-order valence-electron chi connectivity index (χ2n) is 8.91. The van der Waals surface area contributed by atoms with Gasteiger partial charge in [0.05, 0.1) is 0 Å². The molecule has 0 amide bonds. The highest BCUT2D eigenvalue weighted by molar-refractivity contribution is 5.96. The molecule has 3 rings (SSSR count). The van der Waals surface area contributed by atoms with Gasteiger partial charge in [0.25, 0.3) is 0 Å². The van der Waals surface area contributed by atoms with E-state index in [0.29, 0.717) is 12.8 Å². The lowest BCUT2D eigenvalue weighted by Crippen LogP contribution is -2.43. The number of ketones is 1. The van der Waals surface area contributed by atoms with Crippen molar-refractivity contribution in [3.63, 3.8) is 0 Å². The summed E-state index contributed by atoms with van der Waals surface area (Å²) in [6.07, 6.45) is 2.92. The quantitative estimate of drug-likeness (QED) is 0.700. The molecule has 2 N–H and O–H groups in total. The zero-order chi connectivity index (χ0) is 20.9. The number of carbonyl (C=O) groups is 1. The highest BCUT2D eigenvalue weighted by atomic mass is 16.1. The van der Waals surface area contributed by atoms with Gasteiger partial charge in [0.1, 0.15) is 11.6 Å². The van der Waals surface area contributed by atoms with E-state index < -0.39 is 0 Å². The third kappa shape index (κ3) is 6.26. The Labute approximate surface area is 174 Å². The van der Waals surface area contributed by atoms with E-state index in [1.54, 1.807) is 0 Å². The summed E-state index contributed by atoms with van der Waals surface area (Å²) in [6.45, 7) is 13.3. The summed E-state index contributed by atoms with van der Waals surface area (Å²) in [5, 5.41) is 6.79.